The van der Waals surface area contributed by atoms with Gasteiger partial charge in [0.05, 0.1) is 24.7 Å². The van der Waals surface area contributed by atoms with Crippen LogP contribution in [0.1, 0.15) is 18.4 Å². The normalized spacial score (nSPS) is 15.8. The first kappa shape index (κ1) is 21.5. The van der Waals surface area contributed by atoms with Crippen LogP contribution in [0.15, 0.2) is 60.8 Å². The highest BCUT2D eigenvalue weighted by Crippen LogP contribution is 2.27. The van der Waals surface area contributed by atoms with Gasteiger partial charge in [-0.1, -0.05) is 18.2 Å². The van der Waals surface area contributed by atoms with Crippen molar-refractivity contribution < 1.29 is 13.2 Å². The molecular weight excluding hydrogens is 412 g/mol. The van der Waals surface area contributed by atoms with Crippen molar-refractivity contribution in [2.24, 2.45) is 0 Å². The second-order valence-electron chi connectivity index (χ2n) is 7.95. The minimum atomic E-state index is -3.17. The zero-order valence-corrected chi connectivity index (χ0v) is 18.7. The van der Waals surface area contributed by atoms with Crippen molar-refractivity contribution in [1.29, 1.82) is 0 Å². The third-order valence-corrected chi connectivity index (χ3v) is 6.30. The van der Waals surface area contributed by atoms with Crippen LogP contribution in [0.4, 0.5) is 0 Å². The number of nitrogens with zero attached hydrogens (tertiary/aromatic N) is 3. The Kier molecular flexibility index (Phi) is 6.41. The smallest absolute Gasteiger partial charge is 0.208 e. The van der Waals surface area contributed by atoms with E-state index in [0.717, 1.165) is 60.7 Å². The van der Waals surface area contributed by atoms with E-state index < -0.39 is 10.0 Å². The standard InChI is InChI=1S/C23H28N4O3S/c1-30-22-10-8-18(9-11-22)23-19(17-27(24-23)21-6-4-3-5-7-21)16-26-14-12-20(13-15-26)25-31(2,28)29/h3-11,17,20,25H,12-16H2,1-2H3. The number of hydrogen-bond acceptors (Lipinski definition) is 5. The first-order valence-electron chi connectivity index (χ1n) is 10.4. The number of benzene rings is 2. The number of hydrogen-bond donors (Lipinski definition) is 1. The molecule has 0 aliphatic carbocycles. The first-order chi connectivity index (χ1) is 14.9. The van der Waals surface area contributed by atoms with E-state index in [2.05, 4.69) is 15.8 Å². The molecule has 0 amide bonds. The molecular formula is C23H28N4O3S. The van der Waals surface area contributed by atoms with Crippen LogP contribution in [0.5, 0.6) is 5.75 Å². The highest BCUT2D eigenvalue weighted by Gasteiger charge is 2.23. The lowest BCUT2D eigenvalue weighted by atomic mass is 10.0. The van der Waals surface area contributed by atoms with E-state index in [1.165, 1.54) is 6.26 Å². The van der Waals surface area contributed by atoms with Gasteiger partial charge in [0, 0.05) is 43.0 Å². The number of likely N-dealkylation sites (tertiary alicyclic amines) is 1. The summed E-state index contributed by atoms with van der Waals surface area (Å²) in [6.07, 6.45) is 4.92. The zero-order chi connectivity index (χ0) is 21.8. The lowest BCUT2D eigenvalue weighted by Gasteiger charge is -2.31. The molecule has 1 aliphatic rings. The van der Waals surface area contributed by atoms with Crippen molar-refractivity contribution >= 4 is 10.0 Å². The minimum Gasteiger partial charge on any atom is -0.497 e. The Labute approximate surface area is 183 Å². The van der Waals surface area contributed by atoms with Crippen molar-refractivity contribution in [3.8, 4) is 22.7 Å². The molecule has 0 bridgehead atoms. The van der Waals surface area contributed by atoms with Crippen LogP contribution in [-0.2, 0) is 16.6 Å². The Morgan fingerprint density at radius 2 is 1.74 bits per heavy atom. The Morgan fingerprint density at radius 3 is 2.35 bits per heavy atom. The van der Waals surface area contributed by atoms with E-state index in [1.54, 1.807) is 7.11 Å². The molecule has 1 aromatic heterocycles. The molecule has 7 nitrogen and oxygen atoms in total. The summed E-state index contributed by atoms with van der Waals surface area (Å²) in [6.45, 7) is 2.44. The fourth-order valence-corrected chi connectivity index (χ4v) is 4.82. The predicted molar refractivity (Wildman–Crippen MR) is 122 cm³/mol. The Balaban J connectivity index is 1.56. The largest absolute Gasteiger partial charge is 0.497 e. The molecule has 0 radical (unpaired) electrons. The summed E-state index contributed by atoms with van der Waals surface area (Å²) in [4.78, 5) is 2.36. The summed E-state index contributed by atoms with van der Waals surface area (Å²) in [7, 11) is -1.51. The van der Waals surface area contributed by atoms with Gasteiger partial charge in [0.25, 0.3) is 0 Å². The number of rotatable bonds is 7. The van der Waals surface area contributed by atoms with Crippen molar-refractivity contribution in [2.75, 3.05) is 26.5 Å². The van der Waals surface area contributed by atoms with Crippen LogP contribution >= 0.6 is 0 Å². The Hall–Kier alpha value is -2.68. The molecule has 1 N–H and O–H groups in total. The van der Waals surface area contributed by atoms with Gasteiger partial charge in [-0.25, -0.2) is 17.8 Å². The summed E-state index contributed by atoms with van der Waals surface area (Å²) in [6, 6.07) is 18.0. The molecule has 1 saturated heterocycles. The lowest BCUT2D eigenvalue weighted by Crippen LogP contribution is -2.43. The Morgan fingerprint density at radius 1 is 1.06 bits per heavy atom. The number of ether oxygens (including phenoxy) is 1. The van der Waals surface area contributed by atoms with Crippen LogP contribution in [0.2, 0.25) is 0 Å². The summed E-state index contributed by atoms with van der Waals surface area (Å²) in [5, 5.41) is 4.89. The third-order valence-electron chi connectivity index (χ3n) is 5.54. The fourth-order valence-electron chi connectivity index (χ4n) is 3.98. The summed E-state index contributed by atoms with van der Waals surface area (Å²) in [5.74, 6) is 0.813. The highest BCUT2D eigenvalue weighted by molar-refractivity contribution is 7.88. The molecule has 2 aromatic carbocycles. The number of piperidine rings is 1. The molecule has 164 valence electrons. The predicted octanol–water partition coefficient (Wildman–Crippen LogP) is 3.06. The number of aromatic nitrogens is 2. The topological polar surface area (TPSA) is 76.5 Å². The molecule has 4 rings (SSSR count). The maximum atomic E-state index is 11.5. The second-order valence-corrected chi connectivity index (χ2v) is 9.73. The molecule has 2 heterocycles. The molecule has 8 heteroatoms. The number of methoxy groups -OCH3 is 1. The number of sulfonamides is 1. The Bertz CT molecular complexity index is 1100. The number of para-hydroxylation sites is 1. The van der Waals surface area contributed by atoms with Gasteiger partial charge >= 0.3 is 0 Å². The quantitative estimate of drug-likeness (QED) is 0.611. The summed E-state index contributed by atoms with van der Waals surface area (Å²) in [5.41, 5.74) is 4.14. The van der Waals surface area contributed by atoms with Crippen molar-refractivity contribution in [3.63, 3.8) is 0 Å². The minimum absolute atomic E-state index is 0.0133. The second kappa shape index (κ2) is 9.21. The number of nitrogens with one attached hydrogen (secondary N) is 1. The maximum absolute atomic E-state index is 11.5. The molecule has 31 heavy (non-hydrogen) atoms. The lowest BCUT2D eigenvalue weighted by molar-refractivity contribution is 0.200. The molecule has 3 aromatic rings. The van der Waals surface area contributed by atoms with Gasteiger partial charge < -0.3 is 4.74 Å². The molecule has 0 spiro atoms. The SMILES string of the molecule is COc1ccc(-c2nn(-c3ccccc3)cc2CN2CCC(NS(C)(=O)=O)CC2)cc1. The molecule has 1 aliphatic heterocycles. The van der Waals surface area contributed by atoms with E-state index in [0.29, 0.717) is 0 Å². The van der Waals surface area contributed by atoms with Crippen molar-refractivity contribution in [2.45, 2.75) is 25.4 Å². The van der Waals surface area contributed by atoms with E-state index in [1.807, 2.05) is 59.3 Å². The average molecular weight is 441 g/mol. The van der Waals surface area contributed by atoms with Crippen LogP contribution in [0.3, 0.4) is 0 Å². The third kappa shape index (κ3) is 5.52. The van der Waals surface area contributed by atoms with Crippen molar-refractivity contribution in [3.05, 3.63) is 66.4 Å². The summed E-state index contributed by atoms with van der Waals surface area (Å²) >= 11 is 0. The zero-order valence-electron chi connectivity index (χ0n) is 17.9. The molecule has 1 fully saturated rings. The fraction of sp³-hybridized carbons (Fsp3) is 0.348. The maximum Gasteiger partial charge on any atom is 0.208 e. The van der Waals surface area contributed by atoms with E-state index >= 15 is 0 Å². The highest BCUT2D eigenvalue weighted by atomic mass is 32.2. The van der Waals surface area contributed by atoms with E-state index in [9.17, 15) is 8.42 Å². The van der Waals surface area contributed by atoms with Crippen LogP contribution in [0.25, 0.3) is 16.9 Å². The van der Waals surface area contributed by atoms with Crippen LogP contribution < -0.4 is 9.46 Å². The van der Waals surface area contributed by atoms with Gasteiger partial charge in [-0.2, -0.15) is 5.10 Å². The van der Waals surface area contributed by atoms with Crippen LogP contribution in [0, 0.1) is 0 Å². The summed E-state index contributed by atoms with van der Waals surface area (Å²) < 4.78 is 33.0. The molecule has 0 atom stereocenters. The monoisotopic (exact) mass is 440 g/mol. The first-order valence-corrected chi connectivity index (χ1v) is 12.3. The van der Waals surface area contributed by atoms with Gasteiger partial charge in [-0.3, -0.25) is 4.90 Å². The van der Waals surface area contributed by atoms with Gasteiger partial charge in [-0.15, -0.1) is 0 Å². The molecule has 0 saturated carbocycles. The van der Waals surface area contributed by atoms with Crippen molar-refractivity contribution in [1.82, 2.24) is 19.4 Å². The van der Waals surface area contributed by atoms with E-state index in [4.69, 9.17) is 9.84 Å². The van der Waals surface area contributed by atoms with E-state index in [-0.39, 0.29) is 6.04 Å². The van der Waals surface area contributed by atoms with Gasteiger partial charge in [0.1, 0.15) is 5.75 Å². The average Bonchev–Trinajstić information content (AvgIpc) is 3.18. The van der Waals surface area contributed by atoms with Gasteiger partial charge in [-0.05, 0) is 49.2 Å². The molecule has 0 unspecified atom stereocenters. The van der Waals surface area contributed by atoms with Crippen LogP contribution in [-0.4, -0.2) is 55.6 Å². The van der Waals surface area contributed by atoms with Gasteiger partial charge in [0.2, 0.25) is 10.0 Å². The van der Waals surface area contributed by atoms with Gasteiger partial charge in [0.15, 0.2) is 0 Å².